The smallest absolute Gasteiger partial charge is 0.317 e. The molecule has 0 rings (SSSR count). The minimum Gasteiger partial charge on any atom is -0.481 e. The van der Waals surface area contributed by atoms with Gasteiger partial charge >= 0.3 is 12.0 Å². The van der Waals surface area contributed by atoms with Crippen LogP contribution in [0.1, 0.15) is 47.5 Å². The van der Waals surface area contributed by atoms with Crippen LogP contribution in [0.4, 0.5) is 4.79 Å². The average Bonchev–Trinajstić information content (AvgIpc) is 2.30. The zero-order valence-electron chi connectivity index (χ0n) is 13.0. The molecule has 0 spiro atoms. The van der Waals surface area contributed by atoms with Crippen LogP contribution in [0.25, 0.3) is 0 Å². The van der Waals surface area contributed by atoms with Crippen molar-refractivity contribution in [1.82, 2.24) is 10.2 Å². The molecule has 5 heteroatoms. The van der Waals surface area contributed by atoms with Gasteiger partial charge in [-0.1, -0.05) is 27.7 Å². The Kier molecular flexibility index (Phi) is 6.87. The van der Waals surface area contributed by atoms with Gasteiger partial charge in [-0.3, -0.25) is 4.79 Å². The molecule has 0 aliphatic carbocycles. The van der Waals surface area contributed by atoms with Crippen molar-refractivity contribution < 1.29 is 14.7 Å². The Labute approximate surface area is 116 Å². The van der Waals surface area contributed by atoms with Crippen LogP contribution in [0.15, 0.2) is 0 Å². The van der Waals surface area contributed by atoms with Crippen molar-refractivity contribution in [1.29, 1.82) is 0 Å². The molecule has 0 aliphatic rings. The van der Waals surface area contributed by atoms with E-state index in [1.54, 1.807) is 11.9 Å². The lowest BCUT2D eigenvalue weighted by Crippen LogP contribution is -2.45. The average molecular weight is 272 g/mol. The highest BCUT2D eigenvalue weighted by molar-refractivity contribution is 5.76. The number of urea groups is 1. The number of amides is 2. The molecular formula is C14H28N2O3. The summed E-state index contributed by atoms with van der Waals surface area (Å²) in [6.07, 6.45) is 1.41. The number of hydrogen-bond acceptors (Lipinski definition) is 2. The molecule has 0 aromatic rings. The second-order valence-corrected chi connectivity index (χ2v) is 6.35. The number of rotatable bonds is 6. The molecule has 0 heterocycles. The number of carbonyl (C=O) groups excluding carboxylic acids is 1. The second kappa shape index (κ2) is 7.36. The first-order valence-corrected chi connectivity index (χ1v) is 6.82. The highest BCUT2D eigenvalue weighted by atomic mass is 16.4. The van der Waals surface area contributed by atoms with Crippen LogP contribution in [0.5, 0.6) is 0 Å². The van der Waals surface area contributed by atoms with Crippen LogP contribution < -0.4 is 5.32 Å². The number of nitrogens with zero attached hydrogens (tertiary/aromatic N) is 1. The number of carboxylic acids is 1. The first-order chi connectivity index (χ1) is 8.58. The lowest BCUT2D eigenvalue weighted by molar-refractivity contribution is -0.142. The molecule has 0 aromatic heterocycles. The highest BCUT2D eigenvalue weighted by Gasteiger charge is 2.25. The third kappa shape index (κ3) is 7.03. The van der Waals surface area contributed by atoms with Crippen molar-refractivity contribution in [3.63, 3.8) is 0 Å². The zero-order chi connectivity index (χ0) is 15.2. The maximum atomic E-state index is 11.9. The third-order valence-corrected chi connectivity index (χ3v) is 3.28. The number of aliphatic carboxylic acids is 1. The molecule has 2 N–H and O–H groups in total. The van der Waals surface area contributed by atoms with Gasteiger partial charge < -0.3 is 15.3 Å². The largest absolute Gasteiger partial charge is 0.481 e. The fraction of sp³-hybridized carbons (Fsp3) is 0.857. The van der Waals surface area contributed by atoms with E-state index in [2.05, 4.69) is 5.32 Å². The van der Waals surface area contributed by atoms with E-state index in [1.807, 2.05) is 34.6 Å². The zero-order valence-corrected chi connectivity index (χ0v) is 13.0. The molecule has 0 radical (unpaired) electrons. The molecule has 0 bridgehead atoms. The molecule has 0 aromatic carbocycles. The van der Waals surface area contributed by atoms with Gasteiger partial charge in [0, 0.05) is 19.6 Å². The summed E-state index contributed by atoms with van der Waals surface area (Å²) in [6, 6.07) is -0.0691. The fourth-order valence-electron chi connectivity index (χ4n) is 1.80. The van der Waals surface area contributed by atoms with E-state index in [-0.39, 0.29) is 24.0 Å². The molecule has 19 heavy (non-hydrogen) atoms. The predicted molar refractivity (Wildman–Crippen MR) is 76.1 cm³/mol. The number of nitrogens with one attached hydrogen (secondary N) is 1. The number of carboxylic acid groups (broad SMARTS) is 1. The van der Waals surface area contributed by atoms with Crippen molar-refractivity contribution >= 4 is 12.0 Å². The van der Waals surface area contributed by atoms with Crippen LogP contribution >= 0.6 is 0 Å². The van der Waals surface area contributed by atoms with Gasteiger partial charge in [-0.15, -0.1) is 0 Å². The van der Waals surface area contributed by atoms with E-state index in [9.17, 15) is 14.7 Å². The van der Waals surface area contributed by atoms with Gasteiger partial charge in [0.2, 0.25) is 0 Å². The molecule has 112 valence electrons. The Morgan fingerprint density at radius 3 is 2.21 bits per heavy atom. The molecule has 5 nitrogen and oxygen atoms in total. The van der Waals surface area contributed by atoms with Gasteiger partial charge in [-0.05, 0) is 25.2 Å². The van der Waals surface area contributed by atoms with Gasteiger partial charge in [-0.25, -0.2) is 4.79 Å². The van der Waals surface area contributed by atoms with Crippen LogP contribution in [0.3, 0.4) is 0 Å². The molecule has 0 fully saturated rings. The first kappa shape index (κ1) is 17.7. The van der Waals surface area contributed by atoms with E-state index in [1.165, 1.54) is 0 Å². The quantitative estimate of drug-likeness (QED) is 0.780. The van der Waals surface area contributed by atoms with Crippen LogP contribution in [-0.4, -0.2) is 41.6 Å². The molecular weight excluding hydrogens is 244 g/mol. The van der Waals surface area contributed by atoms with E-state index in [4.69, 9.17) is 0 Å². The molecule has 0 aliphatic heterocycles. The van der Waals surface area contributed by atoms with Crippen molar-refractivity contribution in [2.24, 2.45) is 11.3 Å². The van der Waals surface area contributed by atoms with Gasteiger partial charge in [0.1, 0.15) is 0 Å². The standard InChI is InChI=1S/C14H28N2O3/c1-7-10(2)16(6)13(19)15-9-11(12(17)18)8-14(3,4)5/h10-11H,7-9H2,1-6H3,(H,15,19)(H,17,18). The Balaban J connectivity index is 4.41. The van der Waals surface area contributed by atoms with Crippen molar-refractivity contribution in [3.8, 4) is 0 Å². The van der Waals surface area contributed by atoms with Crippen LogP contribution in [-0.2, 0) is 4.79 Å². The summed E-state index contributed by atoms with van der Waals surface area (Å²) in [5, 5.41) is 11.9. The van der Waals surface area contributed by atoms with Gasteiger partial charge in [-0.2, -0.15) is 0 Å². The normalized spacial score (nSPS) is 14.6. The molecule has 0 saturated heterocycles. The van der Waals surface area contributed by atoms with Gasteiger partial charge in [0.15, 0.2) is 0 Å². The van der Waals surface area contributed by atoms with Crippen molar-refractivity contribution in [2.75, 3.05) is 13.6 Å². The minimum absolute atomic E-state index is 0.0730. The summed E-state index contributed by atoms with van der Waals surface area (Å²) in [7, 11) is 1.73. The summed E-state index contributed by atoms with van der Waals surface area (Å²) >= 11 is 0. The Bertz CT molecular complexity index is 310. The van der Waals surface area contributed by atoms with E-state index in [0.717, 1.165) is 6.42 Å². The maximum Gasteiger partial charge on any atom is 0.317 e. The summed E-state index contributed by atoms with van der Waals surface area (Å²) in [6.45, 7) is 10.1. The highest BCUT2D eigenvalue weighted by Crippen LogP contribution is 2.24. The fourth-order valence-corrected chi connectivity index (χ4v) is 1.80. The van der Waals surface area contributed by atoms with Crippen molar-refractivity contribution in [2.45, 2.75) is 53.5 Å². The number of carbonyl (C=O) groups is 2. The van der Waals surface area contributed by atoms with Gasteiger partial charge in [0.25, 0.3) is 0 Å². The minimum atomic E-state index is -0.860. The summed E-state index contributed by atoms with van der Waals surface area (Å²) < 4.78 is 0. The third-order valence-electron chi connectivity index (χ3n) is 3.28. The molecule has 0 saturated carbocycles. The number of hydrogen-bond donors (Lipinski definition) is 2. The summed E-state index contributed by atoms with van der Waals surface area (Å²) in [5.41, 5.74) is -0.0730. The lowest BCUT2D eigenvalue weighted by Gasteiger charge is -2.27. The Morgan fingerprint density at radius 1 is 1.32 bits per heavy atom. The van der Waals surface area contributed by atoms with E-state index >= 15 is 0 Å². The monoisotopic (exact) mass is 272 g/mol. The molecule has 2 atom stereocenters. The second-order valence-electron chi connectivity index (χ2n) is 6.35. The molecule has 2 unspecified atom stereocenters. The van der Waals surface area contributed by atoms with Crippen molar-refractivity contribution in [3.05, 3.63) is 0 Å². The van der Waals surface area contributed by atoms with E-state index < -0.39 is 11.9 Å². The Hall–Kier alpha value is -1.26. The lowest BCUT2D eigenvalue weighted by atomic mass is 9.84. The van der Waals surface area contributed by atoms with Crippen LogP contribution in [0, 0.1) is 11.3 Å². The SMILES string of the molecule is CCC(C)N(C)C(=O)NCC(CC(C)(C)C)C(=O)O. The predicted octanol–water partition coefficient (Wildman–Crippen LogP) is 2.56. The summed E-state index contributed by atoms with van der Waals surface area (Å²) in [4.78, 5) is 24.6. The van der Waals surface area contributed by atoms with Crippen LogP contribution in [0.2, 0.25) is 0 Å². The maximum absolute atomic E-state index is 11.9. The summed E-state index contributed by atoms with van der Waals surface area (Å²) in [5.74, 6) is -1.41. The van der Waals surface area contributed by atoms with E-state index in [0.29, 0.717) is 6.42 Å². The Morgan fingerprint density at radius 2 is 1.84 bits per heavy atom. The molecule has 2 amide bonds. The first-order valence-electron chi connectivity index (χ1n) is 6.82. The van der Waals surface area contributed by atoms with Gasteiger partial charge in [0.05, 0.1) is 5.92 Å². The topological polar surface area (TPSA) is 69.6 Å².